The molecule has 0 bridgehead atoms. The van der Waals surface area contributed by atoms with Gasteiger partial charge in [0.25, 0.3) is 0 Å². The number of rotatable bonds is 10. The molecule has 8 heteroatoms. The summed E-state index contributed by atoms with van der Waals surface area (Å²) in [7, 11) is 0. The number of fused-ring (bicyclic) bond motifs is 1. The molecule has 3 rings (SSSR count). The Hall–Kier alpha value is -2.58. The van der Waals surface area contributed by atoms with Crippen molar-refractivity contribution in [2.75, 3.05) is 31.6 Å². The SMILES string of the molecule is CCOC(CC1c2ccccc2NCC1CN(Cc1ccccc1)C(=O)C(F)(F)F)OCC. The van der Waals surface area contributed by atoms with Crippen molar-refractivity contribution in [1.29, 1.82) is 0 Å². The van der Waals surface area contributed by atoms with Crippen LogP contribution in [0.2, 0.25) is 0 Å². The number of anilines is 1. The summed E-state index contributed by atoms with van der Waals surface area (Å²) >= 11 is 0. The molecule has 1 aliphatic heterocycles. The number of nitrogens with zero attached hydrogens (tertiary/aromatic N) is 1. The summed E-state index contributed by atoms with van der Waals surface area (Å²) in [6, 6.07) is 16.5. The van der Waals surface area contributed by atoms with Gasteiger partial charge in [0.15, 0.2) is 6.29 Å². The molecule has 0 spiro atoms. The fourth-order valence-electron chi connectivity index (χ4n) is 4.38. The zero-order chi connectivity index (χ0) is 23.8. The van der Waals surface area contributed by atoms with Gasteiger partial charge in [-0.2, -0.15) is 13.2 Å². The standard InChI is InChI=1S/C25H31F3N2O3/c1-3-32-23(33-4-2)14-21-19(15-29-22-13-9-8-12-20(21)22)17-30(24(31)25(26,27)28)16-18-10-6-5-7-11-18/h5-13,19,21,23,29H,3-4,14-17H2,1-2H3. The first-order chi connectivity index (χ1) is 15.8. The van der Waals surface area contributed by atoms with Crippen molar-refractivity contribution in [1.82, 2.24) is 4.90 Å². The number of amides is 1. The van der Waals surface area contributed by atoms with Gasteiger partial charge in [0, 0.05) is 50.9 Å². The smallest absolute Gasteiger partial charge is 0.384 e. The Morgan fingerprint density at radius 2 is 1.70 bits per heavy atom. The van der Waals surface area contributed by atoms with Crippen LogP contribution in [0.4, 0.5) is 18.9 Å². The van der Waals surface area contributed by atoms with E-state index in [2.05, 4.69) is 5.32 Å². The van der Waals surface area contributed by atoms with Crippen molar-refractivity contribution in [3.63, 3.8) is 0 Å². The van der Waals surface area contributed by atoms with Crippen molar-refractivity contribution in [3.05, 3.63) is 65.7 Å². The number of ether oxygens (including phenoxy) is 2. The summed E-state index contributed by atoms with van der Waals surface area (Å²) in [4.78, 5) is 13.3. The van der Waals surface area contributed by atoms with Crippen molar-refractivity contribution in [2.45, 2.75) is 45.2 Å². The van der Waals surface area contributed by atoms with Gasteiger partial charge in [0.1, 0.15) is 0 Å². The molecule has 180 valence electrons. The van der Waals surface area contributed by atoms with Gasteiger partial charge in [-0.05, 0) is 37.0 Å². The zero-order valence-electron chi connectivity index (χ0n) is 19.0. The second-order valence-electron chi connectivity index (χ2n) is 8.08. The maximum atomic E-state index is 13.5. The Kier molecular flexibility index (Phi) is 8.74. The summed E-state index contributed by atoms with van der Waals surface area (Å²) in [5, 5.41) is 3.33. The molecule has 0 saturated heterocycles. The monoisotopic (exact) mass is 464 g/mol. The molecule has 1 heterocycles. The number of nitrogens with one attached hydrogen (secondary N) is 1. The Morgan fingerprint density at radius 3 is 2.33 bits per heavy atom. The Morgan fingerprint density at radius 1 is 1.06 bits per heavy atom. The minimum Gasteiger partial charge on any atom is -0.384 e. The predicted molar refractivity (Wildman–Crippen MR) is 121 cm³/mol. The van der Waals surface area contributed by atoms with Crippen LogP contribution in [0.15, 0.2) is 54.6 Å². The van der Waals surface area contributed by atoms with Gasteiger partial charge in [-0.3, -0.25) is 4.79 Å². The van der Waals surface area contributed by atoms with Gasteiger partial charge in [-0.25, -0.2) is 0 Å². The highest BCUT2D eigenvalue weighted by Gasteiger charge is 2.44. The van der Waals surface area contributed by atoms with Gasteiger partial charge < -0.3 is 19.7 Å². The number of hydrogen-bond acceptors (Lipinski definition) is 4. The summed E-state index contributed by atoms with van der Waals surface area (Å²) in [5.74, 6) is -2.21. The molecule has 1 N–H and O–H groups in total. The van der Waals surface area contributed by atoms with E-state index >= 15 is 0 Å². The van der Waals surface area contributed by atoms with Crippen molar-refractivity contribution in [3.8, 4) is 0 Å². The Bertz CT molecular complexity index is 886. The molecular weight excluding hydrogens is 433 g/mol. The van der Waals surface area contributed by atoms with Gasteiger partial charge in [-0.15, -0.1) is 0 Å². The average Bonchev–Trinajstić information content (AvgIpc) is 2.80. The molecule has 0 radical (unpaired) electrons. The minimum absolute atomic E-state index is 0.0375. The van der Waals surface area contributed by atoms with E-state index in [-0.39, 0.29) is 24.9 Å². The maximum absolute atomic E-state index is 13.5. The third-order valence-electron chi connectivity index (χ3n) is 5.84. The van der Waals surface area contributed by atoms with Crippen LogP contribution in [0.1, 0.15) is 37.3 Å². The number of benzene rings is 2. The predicted octanol–water partition coefficient (Wildman–Crippen LogP) is 5.19. The molecule has 33 heavy (non-hydrogen) atoms. The second kappa shape index (κ2) is 11.5. The molecule has 1 aliphatic rings. The molecular formula is C25H31F3N2O3. The van der Waals surface area contributed by atoms with Gasteiger partial charge in [-0.1, -0.05) is 48.5 Å². The fourth-order valence-corrected chi connectivity index (χ4v) is 4.38. The van der Waals surface area contributed by atoms with Crippen LogP contribution in [-0.4, -0.2) is 49.6 Å². The van der Waals surface area contributed by atoms with Gasteiger partial charge in [0.05, 0.1) is 0 Å². The van der Waals surface area contributed by atoms with Crippen LogP contribution in [-0.2, 0) is 20.8 Å². The van der Waals surface area contributed by atoms with E-state index in [1.807, 2.05) is 38.1 Å². The molecule has 2 unspecified atom stereocenters. The fraction of sp³-hybridized carbons (Fsp3) is 0.480. The third kappa shape index (κ3) is 6.71. The average molecular weight is 465 g/mol. The molecule has 0 aromatic heterocycles. The molecule has 0 saturated carbocycles. The van der Waals surface area contributed by atoms with Crippen molar-refractivity contribution >= 4 is 11.6 Å². The van der Waals surface area contributed by atoms with Crippen LogP contribution in [0, 0.1) is 5.92 Å². The minimum atomic E-state index is -4.94. The largest absolute Gasteiger partial charge is 0.471 e. The van der Waals surface area contributed by atoms with E-state index in [1.165, 1.54) is 0 Å². The van der Waals surface area contributed by atoms with Crippen molar-refractivity contribution in [2.24, 2.45) is 5.92 Å². The molecule has 2 aromatic carbocycles. The van der Waals surface area contributed by atoms with E-state index in [9.17, 15) is 18.0 Å². The van der Waals surface area contributed by atoms with E-state index in [0.717, 1.165) is 16.2 Å². The third-order valence-corrected chi connectivity index (χ3v) is 5.84. The topological polar surface area (TPSA) is 50.8 Å². The van der Waals surface area contributed by atoms with Crippen molar-refractivity contribution < 1.29 is 27.4 Å². The highest BCUT2D eigenvalue weighted by atomic mass is 19.4. The summed E-state index contributed by atoms with van der Waals surface area (Å²) in [6.45, 7) is 4.99. The van der Waals surface area contributed by atoms with E-state index in [4.69, 9.17) is 9.47 Å². The van der Waals surface area contributed by atoms with Crippen LogP contribution < -0.4 is 5.32 Å². The van der Waals surface area contributed by atoms with E-state index < -0.39 is 18.4 Å². The first kappa shape index (κ1) is 25.1. The second-order valence-corrected chi connectivity index (χ2v) is 8.08. The molecule has 5 nitrogen and oxygen atoms in total. The number of hydrogen-bond donors (Lipinski definition) is 1. The molecule has 2 atom stereocenters. The summed E-state index contributed by atoms with van der Waals surface area (Å²) < 4.78 is 51.9. The highest BCUT2D eigenvalue weighted by Crippen LogP contribution is 2.39. The highest BCUT2D eigenvalue weighted by molar-refractivity contribution is 5.82. The number of halogens is 3. The zero-order valence-corrected chi connectivity index (χ0v) is 19.0. The lowest BCUT2D eigenvalue weighted by Crippen LogP contribution is -2.46. The van der Waals surface area contributed by atoms with E-state index in [1.54, 1.807) is 30.3 Å². The Labute approximate surface area is 192 Å². The van der Waals surface area contributed by atoms with Crippen LogP contribution in [0.5, 0.6) is 0 Å². The summed E-state index contributed by atoms with van der Waals surface area (Å²) in [6.07, 6.45) is -4.92. The number of carbonyl (C=O) groups is 1. The molecule has 1 amide bonds. The van der Waals surface area contributed by atoms with Gasteiger partial charge >= 0.3 is 12.1 Å². The van der Waals surface area contributed by atoms with E-state index in [0.29, 0.717) is 31.7 Å². The number of alkyl halides is 3. The summed E-state index contributed by atoms with van der Waals surface area (Å²) in [5.41, 5.74) is 2.59. The normalized spacial score (nSPS) is 18.0. The lowest BCUT2D eigenvalue weighted by atomic mass is 9.79. The molecule has 0 fully saturated rings. The van der Waals surface area contributed by atoms with Crippen LogP contribution in [0.3, 0.4) is 0 Å². The number of carbonyl (C=O) groups excluding carboxylic acids is 1. The van der Waals surface area contributed by atoms with Crippen LogP contribution >= 0.6 is 0 Å². The van der Waals surface area contributed by atoms with Crippen LogP contribution in [0.25, 0.3) is 0 Å². The number of para-hydroxylation sites is 1. The molecule has 0 aliphatic carbocycles. The quantitative estimate of drug-likeness (QED) is 0.492. The maximum Gasteiger partial charge on any atom is 0.471 e. The molecule has 2 aromatic rings. The first-order valence-electron chi connectivity index (χ1n) is 11.3. The Balaban J connectivity index is 1.89. The van der Waals surface area contributed by atoms with Gasteiger partial charge in [0.2, 0.25) is 0 Å². The first-order valence-corrected chi connectivity index (χ1v) is 11.3. The lowest BCUT2D eigenvalue weighted by molar-refractivity contribution is -0.187. The lowest BCUT2D eigenvalue weighted by Gasteiger charge is -2.39.